The first-order valence-electron chi connectivity index (χ1n) is 4.88. The Bertz CT molecular complexity index is 522. The van der Waals surface area contributed by atoms with Crippen LogP contribution in [0.3, 0.4) is 0 Å². The van der Waals surface area contributed by atoms with Gasteiger partial charge >= 0.3 is 6.18 Å². The second-order valence-corrected chi connectivity index (χ2v) is 3.73. The molecule has 7 heteroatoms. The lowest BCUT2D eigenvalue weighted by Gasteiger charge is -2.23. The highest BCUT2D eigenvalue weighted by Gasteiger charge is 2.48. The number of ether oxygens (including phenoxy) is 1. The van der Waals surface area contributed by atoms with Gasteiger partial charge in [-0.2, -0.15) is 13.2 Å². The summed E-state index contributed by atoms with van der Waals surface area (Å²) in [6.07, 6.45) is -5.12. The van der Waals surface area contributed by atoms with Gasteiger partial charge in [-0.25, -0.2) is 4.39 Å². The molecule has 0 aromatic heterocycles. The van der Waals surface area contributed by atoms with Gasteiger partial charge in [0.2, 0.25) is 0 Å². The largest absolute Gasteiger partial charge is 0.492 e. The molecule has 1 atom stereocenters. The molecule has 1 heterocycles. The van der Waals surface area contributed by atoms with Crippen LogP contribution in [0.15, 0.2) is 18.2 Å². The Kier molecular flexibility index (Phi) is 2.84. The molecule has 1 aliphatic heterocycles. The zero-order chi connectivity index (χ0) is 13.5. The third kappa shape index (κ3) is 2.07. The van der Waals surface area contributed by atoms with Crippen LogP contribution in [0.5, 0.6) is 5.75 Å². The second-order valence-electron chi connectivity index (χ2n) is 3.73. The number of Topliss-reactive ketones (excluding diaryl/α,β-unsaturated/α-hetero) is 2. The summed E-state index contributed by atoms with van der Waals surface area (Å²) in [7, 11) is 0. The summed E-state index contributed by atoms with van der Waals surface area (Å²) >= 11 is 0. The van der Waals surface area contributed by atoms with Crippen molar-refractivity contribution >= 4 is 11.6 Å². The van der Waals surface area contributed by atoms with Gasteiger partial charge in [0.05, 0.1) is 5.56 Å². The third-order valence-electron chi connectivity index (χ3n) is 2.52. The van der Waals surface area contributed by atoms with Crippen LogP contribution in [0.25, 0.3) is 0 Å². The standard InChI is InChI=1S/C11H6F4O3/c12-5-1-2-8-6(3-5)9(16)7(4-18-8)10(17)11(13,14)15/h1-3,7H,4H2. The minimum absolute atomic E-state index is 0.0207. The third-order valence-corrected chi connectivity index (χ3v) is 2.52. The first kappa shape index (κ1) is 12.5. The maximum absolute atomic E-state index is 12.9. The molecule has 1 unspecified atom stereocenters. The van der Waals surface area contributed by atoms with Crippen molar-refractivity contribution < 1.29 is 31.9 Å². The van der Waals surface area contributed by atoms with E-state index in [0.717, 1.165) is 18.2 Å². The predicted octanol–water partition coefficient (Wildman–Crippen LogP) is 2.15. The van der Waals surface area contributed by atoms with Crippen LogP contribution in [-0.2, 0) is 4.79 Å². The molecule has 0 radical (unpaired) electrons. The van der Waals surface area contributed by atoms with E-state index in [9.17, 15) is 27.2 Å². The molecule has 3 nitrogen and oxygen atoms in total. The summed E-state index contributed by atoms with van der Waals surface area (Å²) in [5.74, 6) is -6.02. The van der Waals surface area contributed by atoms with E-state index in [0.29, 0.717) is 0 Å². The van der Waals surface area contributed by atoms with E-state index in [1.54, 1.807) is 0 Å². The first-order chi connectivity index (χ1) is 8.30. The highest BCUT2D eigenvalue weighted by atomic mass is 19.4. The maximum Gasteiger partial charge on any atom is 0.450 e. The number of hydrogen-bond donors (Lipinski definition) is 0. The van der Waals surface area contributed by atoms with Crippen LogP contribution in [0.4, 0.5) is 17.6 Å². The molecule has 18 heavy (non-hydrogen) atoms. The molecule has 1 aromatic rings. The van der Waals surface area contributed by atoms with Gasteiger partial charge in [0.15, 0.2) is 5.78 Å². The van der Waals surface area contributed by atoms with E-state index < -0.39 is 36.1 Å². The molecule has 0 bridgehead atoms. The number of halogens is 4. The normalized spacial score (nSPS) is 19.1. The molecule has 1 aromatic carbocycles. The molecule has 0 aliphatic carbocycles. The van der Waals surface area contributed by atoms with Crippen molar-refractivity contribution in [2.45, 2.75) is 6.18 Å². The molecule has 0 saturated carbocycles. The number of alkyl halides is 3. The van der Waals surface area contributed by atoms with Gasteiger partial charge in [-0.15, -0.1) is 0 Å². The van der Waals surface area contributed by atoms with Gasteiger partial charge in [-0.3, -0.25) is 9.59 Å². The number of carbonyl (C=O) groups is 2. The van der Waals surface area contributed by atoms with Crippen molar-refractivity contribution in [3.63, 3.8) is 0 Å². The Morgan fingerprint density at radius 3 is 2.61 bits per heavy atom. The van der Waals surface area contributed by atoms with Gasteiger partial charge in [0, 0.05) is 0 Å². The lowest BCUT2D eigenvalue weighted by molar-refractivity contribution is -0.174. The van der Waals surface area contributed by atoms with Crippen molar-refractivity contribution in [1.29, 1.82) is 0 Å². The number of hydrogen-bond acceptors (Lipinski definition) is 3. The summed E-state index contributed by atoms with van der Waals surface area (Å²) < 4.78 is 54.5. The van der Waals surface area contributed by atoms with Crippen LogP contribution >= 0.6 is 0 Å². The minimum atomic E-state index is -5.12. The fourth-order valence-electron chi connectivity index (χ4n) is 1.65. The Hall–Kier alpha value is -1.92. The zero-order valence-electron chi connectivity index (χ0n) is 8.75. The van der Waals surface area contributed by atoms with E-state index >= 15 is 0 Å². The summed E-state index contributed by atoms with van der Waals surface area (Å²) in [5, 5.41) is 0. The zero-order valence-corrected chi connectivity index (χ0v) is 8.75. The van der Waals surface area contributed by atoms with Gasteiger partial charge in [-0.05, 0) is 18.2 Å². The predicted molar refractivity (Wildman–Crippen MR) is 50.8 cm³/mol. The van der Waals surface area contributed by atoms with E-state index in [-0.39, 0.29) is 11.3 Å². The van der Waals surface area contributed by atoms with Crippen LogP contribution in [-0.4, -0.2) is 24.3 Å². The first-order valence-corrected chi connectivity index (χ1v) is 4.88. The molecule has 0 N–H and O–H groups in total. The van der Waals surface area contributed by atoms with Crippen molar-refractivity contribution in [2.24, 2.45) is 5.92 Å². The summed E-state index contributed by atoms with van der Waals surface area (Å²) in [6.45, 7) is -0.685. The molecular formula is C11H6F4O3. The van der Waals surface area contributed by atoms with Crippen LogP contribution in [0.2, 0.25) is 0 Å². The smallest absolute Gasteiger partial charge is 0.450 e. The van der Waals surface area contributed by atoms with Crippen molar-refractivity contribution in [2.75, 3.05) is 6.61 Å². The Morgan fingerprint density at radius 1 is 1.33 bits per heavy atom. The van der Waals surface area contributed by atoms with Crippen molar-refractivity contribution in [3.8, 4) is 5.75 Å². The van der Waals surface area contributed by atoms with E-state index in [2.05, 4.69) is 0 Å². The van der Waals surface area contributed by atoms with Crippen molar-refractivity contribution in [1.82, 2.24) is 0 Å². The topological polar surface area (TPSA) is 43.4 Å². The summed E-state index contributed by atoms with van der Waals surface area (Å²) in [6, 6.07) is 2.91. The van der Waals surface area contributed by atoms with Gasteiger partial charge in [0.1, 0.15) is 24.1 Å². The summed E-state index contributed by atoms with van der Waals surface area (Å²) in [4.78, 5) is 22.7. The van der Waals surface area contributed by atoms with Crippen LogP contribution in [0.1, 0.15) is 10.4 Å². The highest BCUT2D eigenvalue weighted by Crippen LogP contribution is 2.31. The minimum Gasteiger partial charge on any atom is -0.492 e. The van der Waals surface area contributed by atoms with E-state index in [4.69, 9.17) is 4.74 Å². The summed E-state index contributed by atoms with van der Waals surface area (Å²) in [5.41, 5.74) is -0.344. The molecule has 2 rings (SSSR count). The van der Waals surface area contributed by atoms with Gasteiger partial charge in [0.25, 0.3) is 5.78 Å². The van der Waals surface area contributed by atoms with Crippen molar-refractivity contribution in [3.05, 3.63) is 29.6 Å². The number of carbonyl (C=O) groups excluding carboxylic acids is 2. The molecular weight excluding hydrogens is 256 g/mol. The number of ketones is 2. The lowest BCUT2D eigenvalue weighted by Crippen LogP contribution is -2.41. The molecule has 0 amide bonds. The van der Waals surface area contributed by atoms with Gasteiger partial charge in [-0.1, -0.05) is 0 Å². The molecule has 1 aliphatic rings. The maximum atomic E-state index is 12.9. The number of rotatable bonds is 1. The van der Waals surface area contributed by atoms with Gasteiger partial charge < -0.3 is 4.74 Å². The Labute approximate surface area is 98.3 Å². The Morgan fingerprint density at radius 2 is 2.00 bits per heavy atom. The lowest BCUT2D eigenvalue weighted by atomic mass is 9.91. The SMILES string of the molecule is O=C1c2cc(F)ccc2OCC1C(=O)C(F)(F)F. The number of benzene rings is 1. The fourth-order valence-corrected chi connectivity index (χ4v) is 1.65. The molecule has 0 saturated heterocycles. The fraction of sp³-hybridized carbons (Fsp3) is 0.273. The Balaban J connectivity index is 2.36. The average molecular weight is 262 g/mol. The molecule has 0 fully saturated rings. The second kappa shape index (κ2) is 4.08. The quantitative estimate of drug-likeness (QED) is 0.575. The van der Waals surface area contributed by atoms with E-state index in [1.807, 2.05) is 0 Å². The van der Waals surface area contributed by atoms with E-state index in [1.165, 1.54) is 0 Å². The monoisotopic (exact) mass is 262 g/mol. The van der Waals surface area contributed by atoms with Crippen LogP contribution in [0, 0.1) is 11.7 Å². The highest BCUT2D eigenvalue weighted by molar-refractivity contribution is 6.14. The van der Waals surface area contributed by atoms with Crippen LogP contribution < -0.4 is 4.74 Å². The molecule has 0 spiro atoms. The molecule has 96 valence electrons. The number of fused-ring (bicyclic) bond motifs is 1. The average Bonchev–Trinajstić information content (AvgIpc) is 2.28.